The van der Waals surface area contributed by atoms with E-state index in [1.54, 1.807) is 0 Å². The van der Waals surface area contributed by atoms with Crippen molar-refractivity contribution < 1.29 is 31.3 Å². The van der Waals surface area contributed by atoms with E-state index in [-0.39, 0.29) is 23.1 Å². The predicted octanol–water partition coefficient (Wildman–Crippen LogP) is -0.273. The lowest BCUT2D eigenvalue weighted by Gasteiger charge is -2.26. The van der Waals surface area contributed by atoms with Crippen molar-refractivity contribution in [1.82, 2.24) is 0 Å². The molecule has 27 heavy (non-hydrogen) atoms. The Hall–Kier alpha value is -2.29. The Morgan fingerprint density at radius 3 is 1.33 bits per heavy atom. The van der Waals surface area contributed by atoms with Gasteiger partial charge in [0.1, 0.15) is 29.3 Å². The lowest BCUT2D eigenvalue weighted by Crippen LogP contribution is -3.00. The first-order valence-corrected chi connectivity index (χ1v) is 10.3. The van der Waals surface area contributed by atoms with E-state index in [2.05, 4.69) is 0 Å². The third kappa shape index (κ3) is 4.35. The van der Waals surface area contributed by atoms with Gasteiger partial charge in [0.05, 0.1) is 7.11 Å². The summed E-state index contributed by atoms with van der Waals surface area (Å²) in [5, 5.41) is 3.19. The minimum Gasteiger partial charge on any atom is -1.00 e. The van der Waals surface area contributed by atoms with E-state index in [1.165, 1.54) is 7.11 Å². The number of rotatable bonds is 6. The Morgan fingerprint density at radius 2 is 1.04 bits per heavy atom. The zero-order chi connectivity index (χ0) is 18.4. The van der Waals surface area contributed by atoms with Crippen LogP contribution in [0, 0.1) is 0 Å². The average molecular weight is 443 g/mol. The number of carbonyl (C=O) groups excluding carboxylic acids is 2. The van der Waals surface area contributed by atoms with Crippen LogP contribution in [0.5, 0.6) is 0 Å². The van der Waals surface area contributed by atoms with Gasteiger partial charge < -0.3 is 21.7 Å². The number of hydrogen-bond acceptors (Lipinski definition) is 3. The van der Waals surface area contributed by atoms with Crippen molar-refractivity contribution in [3.05, 3.63) is 91.0 Å². The van der Waals surface area contributed by atoms with Gasteiger partial charge in [-0.1, -0.05) is 54.6 Å². The molecule has 0 saturated heterocycles. The SMILES string of the molecule is COC(=O)C(=O)C[P+](c1ccccc1)(c1ccccc1)c1ccccc1.[Br-]. The Morgan fingerprint density at radius 1 is 0.704 bits per heavy atom. The largest absolute Gasteiger partial charge is 1.00 e. The summed E-state index contributed by atoms with van der Waals surface area (Å²) in [6, 6.07) is 29.9. The Labute approximate surface area is 170 Å². The van der Waals surface area contributed by atoms with Crippen molar-refractivity contribution in [3.63, 3.8) is 0 Å². The summed E-state index contributed by atoms with van der Waals surface area (Å²) >= 11 is 0. The molecule has 0 saturated carbocycles. The highest BCUT2D eigenvalue weighted by molar-refractivity contribution is 7.96. The van der Waals surface area contributed by atoms with E-state index >= 15 is 0 Å². The smallest absolute Gasteiger partial charge is 0.378 e. The van der Waals surface area contributed by atoms with Gasteiger partial charge in [-0.05, 0) is 36.4 Å². The molecule has 0 N–H and O–H groups in total. The number of benzene rings is 3. The average Bonchev–Trinajstić information content (AvgIpc) is 2.73. The van der Waals surface area contributed by atoms with Gasteiger partial charge in [0.25, 0.3) is 5.78 Å². The minimum atomic E-state index is -2.33. The number of ketones is 1. The van der Waals surface area contributed by atoms with Crippen molar-refractivity contribution in [2.24, 2.45) is 0 Å². The standard InChI is InChI=1S/C22H20O3P.BrH/c1-25-22(24)21(23)17-26(18-11-5-2-6-12-18,19-13-7-3-8-14-19)20-15-9-4-10-16-20;/h2-16H,17H2,1H3;1H/q+1;/p-1. The molecule has 0 spiro atoms. The Balaban J connectivity index is 0.00000261. The molecule has 0 aliphatic carbocycles. The Bertz CT molecular complexity index is 787. The first kappa shape index (κ1) is 21.0. The lowest BCUT2D eigenvalue weighted by molar-refractivity contribution is -0.150. The van der Waals surface area contributed by atoms with Crippen LogP contribution in [0.2, 0.25) is 0 Å². The monoisotopic (exact) mass is 442 g/mol. The summed E-state index contributed by atoms with van der Waals surface area (Å²) in [4.78, 5) is 24.6. The van der Waals surface area contributed by atoms with Crippen LogP contribution in [0.4, 0.5) is 0 Å². The number of Topliss-reactive ketones (excluding diaryl/α,β-unsaturated/α-hetero) is 1. The van der Waals surface area contributed by atoms with Crippen LogP contribution < -0.4 is 32.9 Å². The zero-order valence-corrected chi connectivity index (χ0v) is 17.4. The molecule has 0 aliphatic heterocycles. The molecule has 3 aromatic rings. The molecular formula is C22H20BrO3P. The molecule has 3 rings (SSSR count). The van der Waals surface area contributed by atoms with Crippen molar-refractivity contribution in [2.45, 2.75) is 0 Å². The topological polar surface area (TPSA) is 43.4 Å². The second-order valence-corrected chi connectivity index (χ2v) is 9.37. The van der Waals surface area contributed by atoms with Crippen LogP contribution in [0.25, 0.3) is 0 Å². The predicted molar refractivity (Wildman–Crippen MR) is 107 cm³/mol. The van der Waals surface area contributed by atoms with Crippen LogP contribution in [-0.2, 0) is 14.3 Å². The van der Waals surface area contributed by atoms with Crippen molar-refractivity contribution in [2.75, 3.05) is 13.3 Å². The van der Waals surface area contributed by atoms with E-state index in [9.17, 15) is 9.59 Å². The first-order chi connectivity index (χ1) is 12.7. The minimum absolute atomic E-state index is 0. The van der Waals surface area contributed by atoms with E-state index in [4.69, 9.17) is 4.74 Å². The molecule has 138 valence electrons. The zero-order valence-electron chi connectivity index (χ0n) is 14.9. The normalized spacial score (nSPS) is 10.6. The molecule has 3 nitrogen and oxygen atoms in total. The first-order valence-electron chi connectivity index (χ1n) is 8.34. The van der Waals surface area contributed by atoms with Gasteiger partial charge in [-0.15, -0.1) is 0 Å². The molecule has 0 radical (unpaired) electrons. The number of methoxy groups -OCH3 is 1. The Kier molecular flexibility index (Phi) is 7.46. The highest BCUT2D eigenvalue weighted by atomic mass is 79.9. The second-order valence-electron chi connectivity index (χ2n) is 5.89. The number of carbonyl (C=O) groups is 2. The fourth-order valence-corrected chi connectivity index (χ4v) is 7.21. The van der Waals surface area contributed by atoms with Gasteiger partial charge in [0, 0.05) is 0 Å². The van der Waals surface area contributed by atoms with E-state index in [0.29, 0.717) is 0 Å². The lowest BCUT2D eigenvalue weighted by atomic mass is 10.3. The highest BCUT2D eigenvalue weighted by Crippen LogP contribution is 2.55. The summed E-state index contributed by atoms with van der Waals surface area (Å²) in [6.45, 7) is 0. The van der Waals surface area contributed by atoms with Gasteiger partial charge >= 0.3 is 5.97 Å². The van der Waals surface area contributed by atoms with Crippen LogP contribution in [-0.4, -0.2) is 25.0 Å². The fraction of sp³-hybridized carbons (Fsp3) is 0.0909. The van der Waals surface area contributed by atoms with Gasteiger partial charge in [0.2, 0.25) is 0 Å². The molecule has 0 heterocycles. The van der Waals surface area contributed by atoms with Gasteiger partial charge in [-0.25, -0.2) is 4.79 Å². The van der Waals surface area contributed by atoms with Gasteiger partial charge in [0.15, 0.2) is 0 Å². The second kappa shape index (κ2) is 9.59. The molecule has 0 bridgehead atoms. The van der Waals surface area contributed by atoms with Crippen LogP contribution in [0.15, 0.2) is 91.0 Å². The molecule has 0 aliphatic rings. The number of esters is 1. The fourth-order valence-electron chi connectivity index (χ4n) is 3.16. The molecule has 0 unspecified atom stereocenters. The third-order valence-electron chi connectivity index (χ3n) is 4.38. The summed E-state index contributed by atoms with van der Waals surface area (Å²) < 4.78 is 4.69. The van der Waals surface area contributed by atoms with Crippen LogP contribution >= 0.6 is 7.26 Å². The molecule has 0 fully saturated rings. The molecule has 0 atom stereocenters. The number of ether oxygens (including phenoxy) is 1. The summed E-state index contributed by atoms with van der Waals surface area (Å²) in [5.74, 6) is -1.30. The van der Waals surface area contributed by atoms with Crippen molar-refractivity contribution in [3.8, 4) is 0 Å². The summed E-state index contributed by atoms with van der Waals surface area (Å²) in [5.41, 5.74) is 0. The third-order valence-corrected chi connectivity index (χ3v) is 8.69. The molecule has 5 heteroatoms. The maximum atomic E-state index is 12.7. The van der Waals surface area contributed by atoms with Gasteiger partial charge in [-0.2, -0.15) is 0 Å². The molecule has 0 amide bonds. The van der Waals surface area contributed by atoms with Gasteiger partial charge in [-0.3, -0.25) is 4.79 Å². The molecule has 3 aromatic carbocycles. The maximum absolute atomic E-state index is 12.7. The molecule has 0 aromatic heterocycles. The highest BCUT2D eigenvalue weighted by Gasteiger charge is 2.48. The quantitative estimate of drug-likeness (QED) is 0.299. The molecular weight excluding hydrogens is 423 g/mol. The van der Waals surface area contributed by atoms with Crippen LogP contribution in [0.1, 0.15) is 0 Å². The van der Waals surface area contributed by atoms with E-state index in [0.717, 1.165) is 15.9 Å². The van der Waals surface area contributed by atoms with E-state index < -0.39 is 19.0 Å². The van der Waals surface area contributed by atoms with Crippen molar-refractivity contribution in [1.29, 1.82) is 0 Å². The summed E-state index contributed by atoms with van der Waals surface area (Å²) in [6.07, 6.45) is 0.109. The van der Waals surface area contributed by atoms with Crippen molar-refractivity contribution >= 4 is 34.9 Å². The number of hydrogen-bond donors (Lipinski definition) is 0. The van der Waals surface area contributed by atoms with E-state index in [1.807, 2.05) is 91.0 Å². The maximum Gasteiger partial charge on any atom is 0.378 e. The van der Waals surface area contributed by atoms with Crippen LogP contribution in [0.3, 0.4) is 0 Å². The number of halogens is 1. The summed E-state index contributed by atoms with van der Waals surface area (Å²) in [7, 11) is -1.08.